The van der Waals surface area contributed by atoms with Gasteiger partial charge in [-0.25, -0.2) is 9.37 Å². The first kappa shape index (κ1) is 17.1. The molecule has 0 N–H and O–H groups in total. The Bertz CT molecular complexity index is 928. The number of nitrogens with zero attached hydrogens (tertiary/aromatic N) is 4. The maximum Gasteiger partial charge on any atom is 0.228 e. The summed E-state index contributed by atoms with van der Waals surface area (Å²) in [5.74, 6) is 0.170. The summed E-state index contributed by atoms with van der Waals surface area (Å²) in [6.07, 6.45) is 6.46. The molecule has 0 unspecified atom stereocenters. The summed E-state index contributed by atoms with van der Waals surface area (Å²) in [4.78, 5) is 26.2. The molecule has 3 heterocycles. The standard InChI is InChI=1S/C20H17FN4O2/c21-18-4-2-1-3-17(18)14-5-6-19(24-10-14)27-16-12-25(13-16)20(26)9-15-11-22-7-8-23-15/h1-8,10-11,16H,9,12-13H2. The van der Waals surface area contributed by atoms with Crippen LogP contribution < -0.4 is 4.74 Å². The molecule has 2 aromatic heterocycles. The number of rotatable bonds is 5. The molecule has 0 atom stereocenters. The topological polar surface area (TPSA) is 68.2 Å². The van der Waals surface area contributed by atoms with Crippen LogP contribution in [0.1, 0.15) is 5.69 Å². The number of hydrogen-bond donors (Lipinski definition) is 0. The molecule has 1 saturated heterocycles. The van der Waals surface area contributed by atoms with Crippen LogP contribution >= 0.6 is 0 Å². The molecule has 1 aromatic carbocycles. The Labute approximate surface area is 155 Å². The summed E-state index contributed by atoms with van der Waals surface area (Å²) >= 11 is 0. The predicted octanol–water partition coefficient (Wildman–Crippen LogP) is 2.51. The van der Waals surface area contributed by atoms with Gasteiger partial charge < -0.3 is 9.64 Å². The summed E-state index contributed by atoms with van der Waals surface area (Å²) in [5.41, 5.74) is 1.84. The lowest BCUT2D eigenvalue weighted by Crippen LogP contribution is -2.56. The van der Waals surface area contributed by atoms with Crippen molar-refractivity contribution in [3.05, 3.63) is 72.7 Å². The number of hydrogen-bond acceptors (Lipinski definition) is 5. The van der Waals surface area contributed by atoms with E-state index in [1.54, 1.807) is 60.0 Å². The van der Waals surface area contributed by atoms with E-state index < -0.39 is 0 Å². The van der Waals surface area contributed by atoms with Crippen molar-refractivity contribution >= 4 is 5.91 Å². The van der Waals surface area contributed by atoms with Crippen LogP contribution in [0.25, 0.3) is 11.1 Å². The first-order chi connectivity index (χ1) is 13.2. The van der Waals surface area contributed by atoms with Gasteiger partial charge in [0.15, 0.2) is 0 Å². The smallest absolute Gasteiger partial charge is 0.228 e. The highest BCUT2D eigenvalue weighted by molar-refractivity contribution is 5.79. The van der Waals surface area contributed by atoms with Crippen molar-refractivity contribution in [2.24, 2.45) is 0 Å². The van der Waals surface area contributed by atoms with Gasteiger partial charge in [0, 0.05) is 42.0 Å². The van der Waals surface area contributed by atoms with Crippen LogP contribution in [0.2, 0.25) is 0 Å². The maximum atomic E-state index is 13.8. The van der Waals surface area contributed by atoms with Crippen LogP contribution in [-0.4, -0.2) is 45.0 Å². The van der Waals surface area contributed by atoms with Crippen LogP contribution in [0.5, 0.6) is 5.88 Å². The monoisotopic (exact) mass is 364 g/mol. The van der Waals surface area contributed by atoms with E-state index in [1.807, 2.05) is 0 Å². The van der Waals surface area contributed by atoms with Crippen molar-refractivity contribution in [3.8, 4) is 17.0 Å². The van der Waals surface area contributed by atoms with Crippen molar-refractivity contribution in [1.82, 2.24) is 19.9 Å². The first-order valence-electron chi connectivity index (χ1n) is 8.59. The molecule has 1 aliphatic rings. The fourth-order valence-corrected chi connectivity index (χ4v) is 2.88. The van der Waals surface area contributed by atoms with Crippen molar-refractivity contribution in [1.29, 1.82) is 0 Å². The third kappa shape index (κ3) is 3.92. The zero-order chi connectivity index (χ0) is 18.6. The predicted molar refractivity (Wildman–Crippen MR) is 96.4 cm³/mol. The van der Waals surface area contributed by atoms with Gasteiger partial charge in [0.1, 0.15) is 11.9 Å². The minimum Gasteiger partial charge on any atom is -0.471 e. The molecular weight excluding hydrogens is 347 g/mol. The summed E-state index contributed by atoms with van der Waals surface area (Å²) in [7, 11) is 0. The third-order valence-corrected chi connectivity index (χ3v) is 4.36. The van der Waals surface area contributed by atoms with E-state index in [0.29, 0.717) is 35.8 Å². The molecule has 1 fully saturated rings. The Morgan fingerprint density at radius 2 is 1.96 bits per heavy atom. The van der Waals surface area contributed by atoms with Crippen molar-refractivity contribution in [2.45, 2.75) is 12.5 Å². The second-order valence-electron chi connectivity index (χ2n) is 6.28. The lowest BCUT2D eigenvalue weighted by molar-refractivity contribution is -0.139. The van der Waals surface area contributed by atoms with Crippen LogP contribution in [0, 0.1) is 5.82 Å². The SMILES string of the molecule is O=C(Cc1cnccn1)N1CC(Oc2ccc(-c3ccccc3F)cn2)C1. The molecule has 0 radical (unpaired) electrons. The average Bonchev–Trinajstić information content (AvgIpc) is 2.66. The Morgan fingerprint density at radius 1 is 1.11 bits per heavy atom. The van der Waals surface area contributed by atoms with Gasteiger partial charge in [-0.15, -0.1) is 0 Å². The molecule has 7 heteroatoms. The van der Waals surface area contributed by atoms with E-state index in [0.717, 1.165) is 0 Å². The normalized spacial score (nSPS) is 13.9. The highest BCUT2D eigenvalue weighted by Crippen LogP contribution is 2.24. The van der Waals surface area contributed by atoms with Gasteiger partial charge in [0.05, 0.1) is 25.2 Å². The Morgan fingerprint density at radius 3 is 2.67 bits per heavy atom. The Kier molecular flexibility index (Phi) is 4.74. The molecule has 1 amide bonds. The molecule has 27 heavy (non-hydrogen) atoms. The highest BCUT2D eigenvalue weighted by Gasteiger charge is 2.32. The number of carbonyl (C=O) groups excluding carboxylic acids is 1. The molecule has 0 aliphatic carbocycles. The number of pyridine rings is 1. The quantitative estimate of drug-likeness (QED) is 0.696. The average molecular weight is 364 g/mol. The van der Waals surface area contributed by atoms with E-state index in [1.165, 1.54) is 6.07 Å². The molecule has 0 bridgehead atoms. The van der Waals surface area contributed by atoms with Crippen LogP contribution in [0.3, 0.4) is 0 Å². The van der Waals surface area contributed by atoms with Crippen LogP contribution in [0.4, 0.5) is 4.39 Å². The molecule has 4 rings (SSSR count). The number of carbonyl (C=O) groups is 1. The minimum atomic E-state index is -0.288. The largest absolute Gasteiger partial charge is 0.471 e. The van der Waals surface area contributed by atoms with Gasteiger partial charge in [-0.05, 0) is 12.1 Å². The molecule has 136 valence electrons. The highest BCUT2D eigenvalue weighted by atomic mass is 19.1. The van der Waals surface area contributed by atoms with E-state index >= 15 is 0 Å². The molecule has 3 aromatic rings. The van der Waals surface area contributed by atoms with Crippen molar-refractivity contribution < 1.29 is 13.9 Å². The first-order valence-corrected chi connectivity index (χ1v) is 8.59. The van der Waals surface area contributed by atoms with Crippen LogP contribution in [-0.2, 0) is 11.2 Å². The van der Waals surface area contributed by atoms with Gasteiger partial charge >= 0.3 is 0 Å². The Hall–Kier alpha value is -3.35. The second kappa shape index (κ2) is 7.49. The summed E-state index contributed by atoms with van der Waals surface area (Å²) in [5, 5.41) is 0. The summed E-state index contributed by atoms with van der Waals surface area (Å²) < 4.78 is 19.6. The fourth-order valence-electron chi connectivity index (χ4n) is 2.88. The number of aromatic nitrogens is 3. The lowest BCUT2D eigenvalue weighted by atomic mass is 10.1. The third-order valence-electron chi connectivity index (χ3n) is 4.36. The van der Waals surface area contributed by atoms with Gasteiger partial charge in [0.2, 0.25) is 11.8 Å². The number of ether oxygens (including phenoxy) is 1. The van der Waals surface area contributed by atoms with Gasteiger partial charge in [-0.2, -0.15) is 0 Å². The number of benzene rings is 1. The fraction of sp³-hybridized carbons (Fsp3) is 0.200. The number of likely N-dealkylation sites (tertiary alicyclic amines) is 1. The van der Waals surface area contributed by atoms with E-state index in [-0.39, 0.29) is 24.2 Å². The van der Waals surface area contributed by atoms with Gasteiger partial charge in [-0.1, -0.05) is 18.2 Å². The summed E-state index contributed by atoms with van der Waals surface area (Å²) in [6, 6.07) is 10.0. The zero-order valence-corrected chi connectivity index (χ0v) is 14.5. The van der Waals surface area contributed by atoms with Crippen LogP contribution in [0.15, 0.2) is 61.2 Å². The van der Waals surface area contributed by atoms with E-state index in [2.05, 4.69) is 15.0 Å². The maximum absolute atomic E-state index is 13.8. The van der Waals surface area contributed by atoms with Gasteiger partial charge in [0.25, 0.3) is 0 Å². The zero-order valence-electron chi connectivity index (χ0n) is 14.5. The summed E-state index contributed by atoms with van der Waals surface area (Å²) in [6.45, 7) is 1.02. The molecule has 1 aliphatic heterocycles. The Balaban J connectivity index is 1.30. The lowest BCUT2D eigenvalue weighted by Gasteiger charge is -2.38. The van der Waals surface area contributed by atoms with E-state index in [9.17, 15) is 9.18 Å². The van der Waals surface area contributed by atoms with E-state index in [4.69, 9.17) is 4.74 Å². The van der Waals surface area contributed by atoms with Crippen molar-refractivity contribution in [3.63, 3.8) is 0 Å². The molecule has 0 saturated carbocycles. The molecule has 6 nitrogen and oxygen atoms in total. The minimum absolute atomic E-state index is 0.00166. The van der Waals surface area contributed by atoms with Gasteiger partial charge in [-0.3, -0.25) is 14.8 Å². The molecular formula is C20H17FN4O2. The number of halogens is 1. The van der Waals surface area contributed by atoms with Crippen molar-refractivity contribution in [2.75, 3.05) is 13.1 Å². The molecule has 0 spiro atoms. The number of amides is 1. The second-order valence-corrected chi connectivity index (χ2v) is 6.28.